The number of phenols is 3. The zero-order valence-corrected chi connectivity index (χ0v) is 63.0. The van der Waals surface area contributed by atoms with Crippen molar-refractivity contribution in [1.29, 1.82) is 0 Å². The van der Waals surface area contributed by atoms with Crippen LogP contribution in [0.25, 0.3) is 11.1 Å². The number of aromatic hydroxyl groups is 3. The first-order valence-corrected chi connectivity index (χ1v) is 36.7. The molecule has 11 bridgehead atoms. The molecule has 2 fully saturated rings. The van der Waals surface area contributed by atoms with E-state index in [1.165, 1.54) is 39.1 Å². The number of likely N-dealkylation sites (N-methyl/N-ethyl adjacent to an activating group) is 1. The van der Waals surface area contributed by atoms with Gasteiger partial charge in [-0.2, -0.15) is 0 Å². The number of carbonyl (C=O) groups excluding carboxylic acids is 8. The number of fused-ring (bicyclic) bond motifs is 15. The van der Waals surface area contributed by atoms with Crippen LogP contribution in [0.2, 0.25) is 10.0 Å². The lowest BCUT2D eigenvalue weighted by Gasteiger charge is -2.47. The monoisotopic (exact) mass is 1610 g/mol. The second-order valence-corrected chi connectivity index (χ2v) is 29.5. The van der Waals surface area contributed by atoms with Crippen molar-refractivity contribution < 1.29 is 117 Å². The molecule has 0 unspecified atom stereocenters. The van der Waals surface area contributed by atoms with Gasteiger partial charge < -0.3 is 133 Å². The molecule has 36 heteroatoms. The predicted molar refractivity (Wildman–Crippen MR) is 400 cm³/mol. The molecule has 7 aliphatic heterocycles. The largest absolute Gasteiger partial charge is 0.508 e. The highest BCUT2D eigenvalue weighted by Crippen LogP contribution is 2.50. The van der Waals surface area contributed by atoms with Crippen LogP contribution in [0.1, 0.15) is 117 Å². The van der Waals surface area contributed by atoms with Crippen molar-refractivity contribution in [3.05, 3.63) is 159 Å². The van der Waals surface area contributed by atoms with Crippen LogP contribution in [0.5, 0.6) is 51.7 Å². The molecule has 604 valence electrons. The van der Waals surface area contributed by atoms with Gasteiger partial charge in [-0.25, -0.2) is 0 Å². The molecule has 6 aromatic carbocycles. The Morgan fingerprint density at radius 1 is 0.735 bits per heavy atom. The number of hydrogen-bond acceptors (Lipinski definition) is 26. The first kappa shape index (κ1) is 83.5. The Balaban J connectivity index is 1.13. The number of aliphatic hydroxyl groups excluding tert-OH is 6. The van der Waals surface area contributed by atoms with E-state index in [-0.39, 0.29) is 70.7 Å². The van der Waals surface area contributed by atoms with E-state index < -0.39 is 226 Å². The molecule has 0 radical (unpaired) electrons. The second kappa shape index (κ2) is 35.3. The first-order valence-electron chi connectivity index (χ1n) is 36.0. The third kappa shape index (κ3) is 18.8. The van der Waals surface area contributed by atoms with Gasteiger partial charge in [0.15, 0.2) is 23.9 Å². The summed E-state index contributed by atoms with van der Waals surface area (Å²) in [6, 6.07) is 6.81. The van der Waals surface area contributed by atoms with Crippen LogP contribution < -0.4 is 72.9 Å². The zero-order chi connectivity index (χ0) is 81.8. The molecule has 7 aliphatic rings. The van der Waals surface area contributed by atoms with E-state index in [2.05, 4.69) is 49.1 Å². The van der Waals surface area contributed by atoms with Gasteiger partial charge in [-0.15, -0.1) is 6.58 Å². The molecule has 6 aromatic rings. The molecule has 0 aromatic heterocycles. The van der Waals surface area contributed by atoms with Gasteiger partial charge in [0, 0.05) is 35.7 Å². The summed E-state index contributed by atoms with van der Waals surface area (Å²) in [7, 11) is 1.48. The fourth-order valence-corrected chi connectivity index (χ4v) is 14.3. The van der Waals surface area contributed by atoms with Gasteiger partial charge in [0.2, 0.25) is 59.3 Å². The quantitative estimate of drug-likeness (QED) is 0.0408. The van der Waals surface area contributed by atoms with Gasteiger partial charge in [-0.3, -0.25) is 38.4 Å². The fourth-order valence-electron chi connectivity index (χ4n) is 13.8. The summed E-state index contributed by atoms with van der Waals surface area (Å²) in [6.07, 6.45) is -16.4. The van der Waals surface area contributed by atoms with Crippen molar-refractivity contribution in [1.82, 2.24) is 42.5 Å². The minimum absolute atomic E-state index is 0.101. The summed E-state index contributed by atoms with van der Waals surface area (Å²) >= 11 is 14.3. The van der Waals surface area contributed by atoms with E-state index in [9.17, 15) is 60.3 Å². The predicted octanol–water partition coefficient (Wildman–Crippen LogP) is 2.29. The maximum Gasteiger partial charge on any atom is 0.248 e. The molecular formula is C77H88Cl2N10O24. The number of carbonyl (C=O) groups is 8. The van der Waals surface area contributed by atoms with E-state index in [4.69, 9.17) is 67.8 Å². The molecule has 0 saturated carbocycles. The fraction of sp³-hybridized carbons (Fsp3) is 0.403. The number of rotatable bonds is 19. The minimum atomic E-state index is -2.35. The number of nitrogens with one attached hydrogen (secondary N) is 8. The van der Waals surface area contributed by atoms with Crippen molar-refractivity contribution >= 4 is 70.5 Å². The number of nitrogens with two attached hydrogens (primary N) is 2. The SMILES string of the molecule is C=CCCOc1cccc(CNC(=O)[C@H]2NC(=O)[C@H]3NC(=O)[C@H](NC(=O)[C@@H]4NC(=O)[C@H](CC(N)=O)NC(=O)[C@H](NC(=O)[C@@H](CC(C)C)NC)[C@H](O)c5ccc(c(Cl)c5)Oc5cc4cc(c5O[C@@H]4O[C@H](CO)[C@@H](O)[C@H](O)[C@H]4O[C@H]4C[C@](C)(N)[C@H](O)[C@H](C)O4)Oc4ccc(cc4Cl)[C@H]3O)c3ccc(O)c(c3)-c3c(O)cc(O)cc32)c1. The normalized spacial score (nSPS) is 27.4. The molecular weight excluding hydrogens is 1520 g/mol. The zero-order valence-electron chi connectivity index (χ0n) is 61.5. The Morgan fingerprint density at radius 3 is 2.01 bits per heavy atom. The number of aliphatic hydroxyl groups is 6. The topological polar surface area (TPSA) is 532 Å². The van der Waals surface area contributed by atoms with Crippen LogP contribution in [-0.4, -0.2) is 192 Å². The van der Waals surface area contributed by atoms with Crippen LogP contribution >= 0.6 is 23.2 Å². The van der Waals surface area contributed by atoms with Crippen molar-refractivity contribution in [2.24, 2.45) is 17.4 Å². The van der Waals surface area contributed by atoms with E-state index in [0.717, 1.165) is 60.7 Å². The lowest BCUT2D eigenvalue weighted by atomic mass is 9.86. The maximum absolute atomic E-state index is 16.3. The molecule has 113 heavy (non-hydrogen) atoms. The second-order valence-electron chi connectivity index (χ2n) is 28.7. The lowest BCUT2D eigenvalue weighted by Crippen LogP contribution is -2.64. The smallest absolute Gasteiger partial charge is 0.248 e. The summed E-state index contributed by atoms with van der Waals surface area (Å²) in [5, 5.41) is 125. The number of hydrogen-bond donors (Lipinski definition) is 19. The van der Waals surface area contributed by atoms with Crippen LogP contribution in [0, 0.1) is 5.92 Å². The minimum Gasteiger partial charge on any atom is -0.508 e. The lowest BCUT2D eigenvalue weighted by molar-refractivity contribution is -0.333. The Kier molecular flexibility index (Phi) is 26.1. The van der Waals surface area contributed by atoms with E-state index in [0.29, 0.717) is 17.7 Å². The van der Waals surface area contributed by atoms with Gasteiger partial charge in [0.05, 0.1) is 47.9 Å². The van der Waals surface area contributed by atoms with Crippen LogP contribution in [0.4, 0.5) is 0 Å². The average Bonchev–Trinajstić information content (AvgIpc) is 0.683. The number of halogens is 2. The van der Waals surface area contributed by atoms with E-state index in [1.807, 2.05) is 13.8 Å². The van der Waals surface area contributed by atoms with Crippen molar-refractivity contribution in [3.8, 4) is 62.9 Å². The van der Waals surface area contributed by atoms with Gasteiger partial charge >= 0.3 is 0 Å². The first-order chi connectivity index (χ1) is 53.6. The Labute approximate surface area is 656 Å². The van der Waals surface area contributed by atoms with Gasteiger partial charge in [0.25, 0.3) is 0 Å². The van der Waals surface area contributed by atoms with Crippen molar-refractivity contribution in [2.45, 2.75) is 169 Å². The van der Waals surface area contributed by atoms with Crippen LogP contribution in [0.3, 0.4) is 0 Å². The third-order valence-electron chi connectivity index (χ3n) is 19.7. The molecule has 34 nitrogen and oxygen atoms in total. The summed E-state index contributed by atoms with van der Waals surface area (Å²) < 4.78 is 44.5. The Morgan fingerprint density at radius 2 is 1.38 bits per heavy atom. The third-order valence-corrected chi connectivity index (χ3v) is 20.3. The van der Waals surface area contributed by atoms with E-state index >= 15 is 24.0 Å². The van der Waals surface area contributed by atoms with Gasteiger partial charge in [-0.05, 0) is 140 Å². The molecule has 21 N–H and O–H groups in total. The summed E-state index contributed by atoms with van der Waals surface area (Å²) in [4.78, 5) is 120. The molecule has 7 heterocycles. The number of phenolic OH excluding ortho intramolecular Hbond substituents is 3. The Bertz CT molecular complexity index is 4630. The number of ether oxygens (including phenoxy) is 7. The number of amides is 8. The highest BCUT2D eigenvalue weighted by atomic mass is 35.5. The van der Waals surface area contributed by atoms with Crippen molar-refractivity contribution in [3.63, 3.8) is 0 Å². The van der Waals surface area contributed by atoms with Gasteiger partial charge in [-0.1, -0.05) is 73.5 Å². The number of benzene rings is 6. The molecule has 2 saturated heterocycles. The molecule has 8 amide bonds. The Hall–Kier alpha value is -10.4. The van der Waals surface area contributed by atoms with Gasteiger partial charge in [0.1, 0.15) is 101 Å². The molecule has 0 aliphatic carbocycles. The average molecular weight is 1610 g/mol. The maximum atomic E-state index is 16.3. The highest BCUT2D eigenvalue weighted by Gasteiger charge is 2.52. The summed E-state index contributed by atoms with van der Waals surface area (Å²) in [5.74, 6) is -14.4. The van der Waals surface area contributed by atoms with Crippen LogP contribution in [0.15, 0.2) is 116 Å². The summed E-state index contributed by atoms with van der Waals surface area (Å²) in [6.45, 7) is 9.43. The molecule has 13 rings (SSSR count). The van der Waals surface area contributed by atoms with E-state index in [1.54, 1.807) is 30.3 Å². The summed E-state index contributed by atoms with van der Waals surface area (Å²) in [5.41, 5.74) is 9.00. The molecule has 18 atom stereocenters. The van der Waals surface area contributed by atoms with Crippen molar-refractivity contribution in [2.75, 3.05) is 20.3 Å². The number of primary amides is 1. The molecule has 0 spiro atoms. The standard InChI is InChI=1S/C77H88Cl2N10O24/c1-7-8-18-107-40-11-9-10-34(20-40)30-83-71(102)59-42-26-39(91)27-48(93)56(42)41-21-35(12-15-47(41)92)57-72(103)89-61(75(106)87-59)63(96)37-14-17-50(44(79)23-37)110-52-25-38-24-51(66(52)113-76-67(65(98)64(97)53(31-90)111-76)112-55-29-77(5,81)68(99)33(4)108-55)109-49-16-13-36(22-43(49)78)62(95)60(88-69(100)45(82-6)19-32(2)3)74(105)84-46(28-54(80)94)70(101)85-58(38)73(104)86-57/h7,9-17,20-27,32-33,45-46,53,55,57-65,67-68,76,82,90-93,95-99H,1,8,18-19,28-31,81H2,2-6H3,(H2,80,94)(H,83,102)(H,84,105)(H,85,101)(H,86,104)(H,87,106)(H,88,100)(H,89,103)/t33-,45+,46-,53+,55-,57+,58+,59-,60+,61-,62+,63+,64+,65-,67+,68+,76-,77-/m0/s1. The van der Waals surface area contributed by atoms with Crippen LogP contribution in [-0.2, 0) is 59.1 Å². The highest BCUT2D eigenvalue weighted by molar-refractivity contribution is 6.32.